The van der Waals surface area contributed by atoms with Gasteiger partial charge in [0, 0.05) is 10.5 Å². The maximum atomic E-state index is 12.7. The van der Waals surface area contributed by atoms with Crippen LogP contribution in [0.5, 0.6) is 0 Å². The van der Waals surface area contributed by atoms with Gasteiger partial charge in [0.2, 0.25) is 0 Å². The molecule has 1 aromatic rings. The Bertz CT molecular complexity index is 390. The number of alkyl halides is 3. The van der Waals surface area contributed by atoms with E-state index < -0.39 is 11.7 Å². The van der Waals surface area contributed by atoms with Gasteiger partial charge in [0.15, 0.2) is 0 Å². The van der Waals surface area contributed by atoms with Crippen molar-refractivity contribution in [1.82, 2.24) is 0 Å². The minimum absolute atomic E-state index is 0.338. The van der Waals surface area contributed by atoms with E-state index in [-0.39, 0.29) is 6.04 Å². The zero-order chi connectivity index (χ0) is 13.8. The monoisotopic (exact) mass is 323 g/mol. The second kappa shape index (κ2) is 6.57. The number of hydrogen-bond acceptors (Lipinski definition) is 1. The summed E-state index contributed by atoms with van der Waals surface area (Å²) in [5.74, 6) is 0. The Hall–Kier alpha value is -0.550. The molecular weight excluding hydrogens is 307 g/mol. The van der Waals surface area contributed by atoms with Crippen molar-refractivity contribution < 1.29 is 13.2 Å². The van der Waals surface area contributed by atoms with E-state index in [4.69, 9.17) is 5.73 Å². The van der Waals surface area contributed by atoms with Crippen LogP contribution in [0.3, 0.4) is 0 Å². The van der Waals surface area contributed by atoms with Gasteiger partial charge in [-0.15, -0.1) is 0 Å². The van der Waals surface area contributed by atoms with E-state index in [2.05, 4.69) is 22.9 Å². The average molecular weight is 324 g/mol. The van der Waals surface area contributed by atoms with Crippen molar-refractivity contribution in [3.05, 3.63) is 33.8 Å². The summed E-state index contributed by atoms with van der Waals surface area (Å²) in [5, 5.41) is 0. The summed E-state index contributed by atoms with van der Waals surface area (Å²) in [6.45, 7) is 2.08. The van der Waals surface area contributed by atoms with Crippen molar-refractivity contribution in [2.24, 2.45) is 5.73 Å². The summed E-state index contributed by atoms with van der Waals surface area (Å²) in [6, 6.07) is 3.53. The topological polar surface area (TPSA) is 26.0 Å². The first-order valence-electron chi connectivity index (χ1n) is 5.98. The first-order valence-corrected chi connectivity index (χ1v) is 6.77. The molecule has 0 amide bonds. The molecule has 1 aromatic carbocycles. The van der Waals surface area contributed by atoms with Crippen LogP contribution in [0.4, 0.5) is 13.2 Å². The third kappa shape index (κ3) is 4.61. The van der Waals surface area contributed by atoms with Crippen LogP contribution in [-0.4, -0.2) is 0 Å². The van der Waals surface area contributed by atoms with Crippen LogP contribution >= 0.6 is 15.9 Å². The van der Waals surface area contributed by atoms with Gasteiger partial charge in [0.05, 0.1) is 5.56 Å². The second-order valence-corrected chi connectivity index (χ2v) is 5.29. The number of rotatable bonds is 5. The van der Waals surface area contributed by atoms with Gasteiger partial charge < -0.3 is 5.73 Å². The van der Waals surface area contributed by atoms with E-state index in [1.807, 2.05) is 0 Å². The smallest absolute Gasteiger partial charge is 0.324 e. The molecule has 1 rings (SSSR count). The molecule has 0 aliphatic carbocycles. The van der Waals surface area contributed by atoms with Gasteiger partial charge in [0.1, 0.15) is 0 Å². The van der Waals surface area contributed by atoms with Crippen LogP contribution in [0.15, 0.2) is 22.7 Å². The standard InChI is InChI=1S/C13H17BrF3N/c1-2-3-4-5-12(18)9-6-10(13(15,16)17)8-11(14)7-9/h6-8,12H,2-5,18H2,1H3/t12-/m0/s1. The predicted octanol–water partition coefficient (Wildman–Crippen LogP) is 5.05. The highest BCUT2D eigenvalue weighted by Gasteiger charge is 2.31. The zero-order valence-corrected chi connectivity index (χ0v) is 11.8. The fourth-order valence-electron chi connectivity index (χ4n) is 1.77. The van der Waals surface area contributed by atoms with Crippen LogP contribution in [0.1, 0.15) is 49.8 Å². The Morgan fingerprint density at radius 3 is 2.44 bits per heavy atom. The Balaban J connectivity index is 2.85. The lowest BCUT2D eigenvalue weighted by molar-refractivity contribution is -0.137. The molecule has 1 nitrogen and oxygen atoms in total. The van der Waals surface area contributed by atoms with E-state index >= 15 is 0 Å². The van der Waals surface area contributed by atoms with Crippen molar-refractivity contribution in [2.75, 3.05) is 0 Å². The molecule has 0 fully saturated rings. The lowest BCUT2D eigenvalue weighted by atomic mass is 9.99. The molecule has 102 valence electrons. The van der Waals surface area contributed by atoms with E-state index in [1.54, 1.807) is 6.07 Å². The SMILES string of the molecule is CCCCC[C@H](N)c1cc(Br)cc(C(F)(F)F)c1. The highest BCUT2D eigenvalue weighted by Crippen LogP contribution is 2.33. The van der Waals surface area contributed by atoms with Crippen LogP contribution in [0.25, 0.3) is 0 Å². The second-order valence-electron chi connectivity index (χ2n) is 4.37. The summed E-state index contributed by atoms with van der Waals surface area (Å²) in [6.07, 6.45) is -0.568. The van der Waals surface area contributed by atoms with Crippen molar-refractivity contribution in [1.29, 1.82) is 0 Å². The highest BCUT2D eigenvalue weighted by molar-refractivity contribution is 9.10. The molecule has 0 aliphatic heterocycles. The van der Waals surface area contributed by atoms with Crippen molar-refractivity contribution in [3.63, 3.8) is 0 Å². The molecule has 0 saturated carbocycles. The summed E-state index contributed by atoms with van der Waals surface area (Å²) in [5.41, 5.74) is 5.81. The first-order chi connectivity index (χ1) is 8.34. The number of hydrogen-bond donors (Lipinski definition) is 1. The molecule has 0 bridgehead atoms. The molecule has 0 saturated heterocycles. The number of unbranched alkanes of at least 4 members (excludes halogenated alkanes) is 2. The lowest BCUT2D eigenvalue weighted by Gasteiger charge is -2.15. The van der Waals surface area contributed by atoms with Crippen LogP contribution in [0, 0.1) is 0 Å². The third-order valence-corrected chi connectivity index (χ3v) is 3.25. The Morgan fingerprint density at radius 2 is 1.89 bits per heavy atom. The normalized spacial score (nSPS) is 13.7. The minimum Gasteiger partial charge on any atom is -0.324 e. The predicted molar refractivity (Wildman–Crippen MR) is 70.2 cm³/mol. The van der Waals surface area contributed by atoms with Gasteiger partial charge in [-0.25, -0.2) is 0 Å². The molecule has 1 atom stereocenters. The summed E-state index contributed by atoms with van der Waals surface area (Å²) >= 11 is 3.10. The van der Waals surface area contributed by atoms with Crippen molar-refractivity contribution in [2.45, 2.75) is 44.8 Å². The van der Waals surface area contributed by atoms with E-state index in [9.17, 15) is 13.2 Å². The highest BCUT2D eigenvalue weighted by atomic mass is 79.9. The Kier molecular flexibility index (Phi) is 5.66. The largest absolute Gasteiger partial charge is 0.416 e. The third-order valence-electron chi connectivity index (χ3n) is 2.79. The van der Waals surface area contributed by atoms with Gasteiger partial charge >= 0.3 is 6.18 Å². The first kappa shape index (κ1) is 15.5. The molecule has 0 radical (unpaired) electrons. The number of benzene rings is 1. The number of halogens is 4. The fourth-order valence-corrected chi connectivity index (χ4v) is 2.28. The van der Waals surface area contributed by atoms with Crippen molar-refractivity contribution in [3.8, 4) is 0 Å². The fraction of sp³-hybridized carbons (Fsp3) is 0.538. The minimum atomic E-state index is -4.33. The van der Waals surface area contributed by atoms with Gasteiger partial charge in [-0.2, -0.15) is 13.2 Å². The molecule has 0 heterocycles. The van der Waals surface area contributed by atoms with Crippen LogP contribution in [-0.2, 0) is 6.18 Å². The summed E-state index contributed by atoms with van der Waals surface area (Å²) in [4.78, 5) is 0. The molecule has 18 heavy (non-hydrogen) atoms. The lowest BCUT2D eigenvalue weighted by Crippen LogP contribution is -2.13. The Morgan fingerprint density at radius 1 is 1.22 bits per heavy atom. The average Bonchev–Trinajstić information content (AvgIpc) is 2.27. The van der Waals surface area contributed by atoms with Gasteiger partial charge in [-0.3, -0.25) is 0 Å². The Labute approximate surface area is 114 Å². The van der Waals surface area contributed by atoms with Crippen LogP contribution < -0.4 is 5.73 Å². The van der Waals surface area contributed by atoms with E-state index in [1.165, 1.54) is 0 Å². The molecule has 0 spiro atoms. The van der Waals surface area contributed by atoms with Gasteiger partial charge in [-0.05, 0) is 30.2 Å². The maximum Gasteiger partial charge on any atom is 0.416 e. The maximum absolute atomic E-state index is 12.7. The molecule has 0 unspecified atom stereocenters. The zero-order valence-electron chi connectivity index (χ0n) is 10.2. The molecule has 2 N–H and O–H groups in total. The summed E-state index contributed by atoms with van der Waals surface area (Å²) < 4.78 is 38.4. The van der Waals surface area contributed by atoms with Gasteiger partial charge in [-0.1, -0.05) is 42.1 Å². The van der Waals surface area contributed by atoms with Crippen molar-refractivity contribution >= 4 is 15.9 Å². The van der Waals surface area contributed by atoms with Crippen LogP contribution in [0.2, 0.25) is 0 Å². The molecule has 0 aliphatic rings. The summed E-state index contributed by atoms with van der Waals surface area (Å²) in [7, 11) is 0. The quantitative estimate of drug-likeness (QED) is 0.754. The molecule has 0 aromatic heterocycles. The van der Waals surface area contributed by atoms with Gasteiger partial charge in [0.25, 0.3) is 0 Å². The molecule has 5 heteroatoms. The van der Waals surface area contributed by atoms with E-state index in [0.29, 0.717) is 16.5 Å². The molecular formula is C13H17BrF3N. The number of nitrogens with two attached hydrogens (primary N) is 1. The van der Waals surface area contributed by atoms with E-state index in [0.717, 1.165) is 31.4 Å².